The van der Waals surface area contributed by atoms with Gasteiger partial charge in [0, 0.05) is 11.9 Å². The summed E-state index contributed by atoms with van der Waals surface area (Å²) in [4.78, 5) is 10.7. The largest absolute Gasteiger partial charge is 0.469 e. The summed E-state index contributed by atoms with van der Waals surface area (Å²) in [5.41, 5.74) is 1.87. The molecule has 8 heteroatoms. The van der Waals surface area contributed by atoms with Crippen LogP contribution >= 0.6 is 23.1 Å². The molecule has 5 rings (SSSR count). The third-order valence-corrected chi connectivity index (χ3v) is 6.49. The standard InChI is InChI=1S/C21H17N5OS2/c1-3-26-19(14-10-11-27-13(14)2)24-25-21(26)29-20-15-7-4-5-8-16(15)22-18(23-20)17-9-6-12-28-17/h4-12H,3H2,1-2H3. The number of rotatable bonds is 5. The van der Waals surface area contributed by atoms with E-state index in [2.05, 4.69) is 21.7 Å². The molecule has 5 aromatic rings. The highest BCUT2D eigenvalue weighted by atomic mass is 32.2. The van der Waals surface area contributed by atoms with Crippen molar-refractivity contribution in [3.8, 4) is 22.1 Å². The van der Waals surface area contributed by atoms with Gasteiger partial charge in [0.2, 0.25) is 0 Å². The molecule has 4 aromatic heterocycles. The Balaban J connectivity index is 1.62. The van der Waals surface area contributed by atoms with Crippen LogP contribution in [0.25, 0.3) is 33.0 Å². The van der Waals surface area contributed by atoms with Gasteiger partial charge in [-0.3, -0.25) is 0 Å². The molecule has 1 aromatic carbocycles. The highest BCUT2D eigenvalue weighted by Gasteiger charge is 2.19. The molecule has 0 N–H and O–H groups in total. The van der Waals surface area contributed by atoms with E-state index in [0.29, 0.717) is 0 Å². The summed E-state index contributed by atoms with van der Waals surface area (Å²) in [7, 11) is 0. The van der Waals surface area contributed by atoms with Crippen LogP contribution in [0.5, 0.6) is 0 Å². The number of furan rings is 1. The topological polar surface area (TPSA) is 69.6 Å². The van der Waals surface area contributed by atoms with Crippen LogP contribution in [0.3, 0.4) is 0 Å². The Hall–Kier alpha value is -2.97. The quantitative estimate of drug-likeness (QED) is 0.341. The Labute approximate surface area is 175 Å². The second-order valence-electron chi connectivity index (χ2n) is 6.39. The molecule has 4 heterocycles. The molecule has 0 atom stereocenters. The van der Waals surface area contributed by atoms with Crippen LogP contribution in [-0.2, 0) is 6.54 Å². The van der Waals surface area contributed by atoms with E-state index in [-0.39, 0.29) is 0 Å². The van der Waals surface area contributed by atoms with Crippen LogP contribution < -0.4 is 0 Å². The molecule has 0 amide bonds. The number of thiophene rings is 1. The van der Waals surface area contributed by atoms with Gasteiger partial charge >= 0.3 is 0 Å². The van der Waals surface area contributed by atoms with E-state index in [4.69, 9.17) is 14.4 Å². The average molecular weight is 420 g/mol. The van der Waals surface area contributed by atoms with Crippen LogP contribution in [0.1, 0.15) is 12.7 Å². The molecular weight excluding hydrogens is 402 g/mol. The maximum absolute atomic E-state index is 5.45. The zero-order valence-corrected chi connectivity index (χ0v) is 17.5. The van der Waals surface area contributed by atoms with Crippen LogP contribution in [-0.4, -0.2) is 24.7 Å². The summed E-state index contributed by atoms with van der Waals surface area (Å²) in [5, 5.41) is 13.6. The molecule has 0 saturated heterocycles. The lowest BCUT2D eigenvalue weighted by molar-refractivity contribution is 0.534. The third-order valence-electron chi connectivity index (χ3n) is 4.63. The van der Waals surface area contributed by atoms with Gasteiger partial charge in [-0.1, -0.05) is 24.3 Å². The van der Waals surface area contributed by atoms with Crippen LogP contribution in [0.15, 0.2) is 68.7 Å². The van der Waals surface area contributed by atoms with Crippen LogP contribution in [0.2, 0.25) is 0 Å². The minimum atomic E-state index is 0.731. The first-order chi connectivity index (χ1) is 14.2. The fraction of sp³-hybridized carbons (Fsp3) is 0.143. The molecule has 0 fully saturated rings. The fourth-order valence-corrected chi connectivity index (χ4v) is 4.85. The summed E-state index contributed by atoms with van der Waals surface area (Å²) in [6.45, 7) is 4.76. The van der Waals surface area contributed by atoms with Crippen LogP contribution in [0.4, 0.5) is 0 Å². The second-order valence-corrected chi connectivity index (χ2v) is 8.29. The van der Waals surface area contributed by atoms with Crippen molar-refractivity contribution in [3.05, 3.63) is 59.9 Å². The summed E-state index contributed by atoms with van der Waals surface area (Å²) >= 11 is 3.15. The van der Waals surface area contributed by atoms with Gasteiger partial charge in [0.1, 0.15) is 10.8 Å². The van der Waals surface area contributed by atoms with Gasteiger partial charge in [-0.2, -0.15) is 0 Å². The summed E-state index contributed by atoms with van der Waals surface area (Å²) < 4.78 is 7.54. The van der Waals surface area contributed by atoms with Crippen molar-refractivity contribution >= 4 is 34.0 Å². The van der Waals surface area contributed by atoms with Crippen molar-refractivity contribution in [1.29, 1.82) is 0 Å². The van der Waals surface area contributed by atoms with E-state index >= 15 is 0 Å². The van der Waals surface area contributed by atoms with E-state index in [0.717, 1.165) is 55.5 Å². The number of hydrogen-bond donors (Lipinski definition) is 0. The van der Waals surface area contributed by atoms with Crippen molar-refractivity contribution in [2.75, 3.05) is 0 Å². The zero-order valence-electron chi connectivity index (χ0n) is 15.9. The predicted octanol–water partition coefficient (Wildman–Crippen LogP) is 5.69. The van der Waals surface area contributed by atoms with Crippen LogP contribution in [0, 0.1) is 6.92 Å². The summed E-state index contributed by atoms with van der Waals surface area (Å²) in [5.74, 6) is 2.36. The predicted molar refractivity (Wildman–Crippen MR) is 115 cm³/mol. The molecule has 0 unspecified atom stereocenters. The Morgan fingerprint density at radius 3 is 2.72 bits per heavy atom. The van der Waals surface area contributed by atoms with Crippen molar-refractivity contribution in [3.63, 3.8) is 0 Å². The maximum Gasteiger partial charge on any atom is 0.197 e. The minimum absolute atomic E-state index is 0.731. The van der Waals surface area contributed by atoms with E-state index in [9.17, 15) is 0 Å². The third kappa shape index (κ3) is 3.24. The molecule has 0 aliphatic heterocycles. The maximum atomic E-state index is 5.45. The number of fused-ring (bicyclic) bond motifs is 1. The Morgan fingerprint density at radius 2 is 1.97 bits per heavy atom. The summed E-state index contributed by atoms with van der Waals surface area (Å²) in [6, 6.07) is 14.0. The monoisotopic (exact) mass is 419 g/mol. The number of para-hydroxylation sites is 1. The first-order valence-corrected chi connectivity index (χ1v) is 10.9. The lowest BCUT2D eigenvalue weighted by Gasteiger charge is -2.09. The Morgan fingerprint density at radius 1 is 1.07 bits per heavy atom. The molecule has 0 radical (unpaired) electrons. The second kappa shape index (κ2) is 7.46. The average Bonchev–Trinajstić information content (AvgIpc) is 3.48. The van der Waals surface area contributed by atoms with Gasteiger partial charge in [0.25, 0.3) is 0 Å². The Bertz CT molecular complexity index is 1290. The van der Waals surface area contributed by atoms with Gasteiger partial charge in [0.05, 0.1) is 22.2 Å². The van der Waals surface area contributed by atoms with Gasteiger partial charge < -0.3 is 8.98 Å². The Kier molecular flexibility index (Phi) is 4.65. The van der Waals surface area contributed by atoms with Gasteiger partial charge in [-0.15, -0.1) is 21.5 Å². The molecule has 6 nitrogen and oxygen atoms in total. The smallest absolute Gasteiger partial charge is 0.197 e. The first-order valence-electron chi connectivity index (χ1n) is 9.20. The molecule has 0 saturated carbocycles. The van der Waals surface area contributed by atoms with E-state index < -0.39 is 0 Å². The van der Waals surface area contributed by atoms with Crippen molar-refractivity contribution in [2.45, 2.75) is 30.6 Å². The zero-order chi connectivity index (χ0) is 19.8. The van der Waals surface area contributed by atoms with Gasteiger partial charge in [-0.25, -0.2) is 9.97 Å². The number of aromatic nitrogens is 5. The van der Waals surface area contributed by atoms with Gasteiger partial charge in [0.15, 0.2) is 16.8 Å². The fourth-order valence-electron chi connectivity index (χ4n) is 3.19. The van der Waals surface area contributed by atoms with Gasteiger partial charge in [-0.05, 0) is 49.2 Å². The normalized spacial score (nSPS) is 11.4. The van der Waals surface area contributed by atoms with E-state index in [1.165, 1.54) is 11.8 Å². The van der Waals surface area contributed by atoms with Crippen molar-refractivity contribution in [1.82, 2.24) is 24.7 Å². The summed E-state index contributed by atoms with van der Waals surface area (Å²) in [6.07, 6.45) is 1.68. The SMILES string of the molecule is CCn1c(Sc2nc(-c3cccs3)nc3ccccc23)nnc1-c1ccoc1C. The highest BCUT2D eigenvalue weighted by Crippen LogP contribution is 2.35. The number of nitrogens with zero attached hydrogens (tertiary/aromatic N) is 5. The number of benzene rings is 1. The molecule has 29 heavy (non-hydrogen) atoms. The first kappa shape index (κ1) is 18.1. The lowest BCUT2D eigenvalue weighted by atomic mass is 10.2. The molecule has 0 bridgehead atoms. The molecule has 0 aliphatic rings. The number of aryl methyl sites for hydroxylation is 1. The van der Waals surface area contributed by atoms with E-state index in [1.807, 2.05) is 54.8 Å². The van der Waals surface area contributed by atoms with Crippen molar-refractivity contribution in [2.24, 2.45) is 0 Å². The number of hydrogen-bond acceptors (Lipinski definition) is 7. The molecular formula is C21H17N5OS2. The lowest BCUT2D eigenvalue weighted by Crippen LogP contribution is -2.00. The molecule has 144 valence electrons. The molecule has 0 spiro atoms. The molecule has 0 aliphatic carbocycles. The van der Waals surface area contributed by atoms with E-state index in [1.54, 1.807) is 17.6 Å². The minimum Gasteiger partial charge on any atom is -0.469 e. The van der Waals surface area contributed by atoms with Crippen molar-refractivity contribution < 1.29 is 4.42 Å². The highest BCUT2D eigenvalue weighted by molar-refractivity contribution is 7.99.